The van der Waals surface area contributed by atoms with Crippen LogP contribution in [0.2, 0.25) is 0 Å². The lowest BCUT2D eigenvalue weighted by atomic mass is 10.1. The Hall–Kier alpha value is -0.570. The van der Waals surface area contributed by atoms with Crippen molar-refractivity contribution in [1.82, 2.24) is 5.48 Å². The Kier molecular flexibility index (Phi) is 1.48. The third kappa shape index (κ3) is 0.816. The molecule has 8 heavy (non-hydrogen) atoms. The molecular formula is C5H9NO2. The van der Waals surface area contributed by atoms with E-state index in [1.807, 2.05) is 6.92 Å². The van der Waals surface area contributed by atoms with Gasteiger partial charge in [0.2, 0.25) is 5.91 Å². The minimum absolute atomic E-state index is 0.0208. The lowest BCUT2D eigenvalue weighted by Crippen LogP contribution is -2.17. The van der Waals surface area contributed by atoms with Crippen LogP contribution in [0.5, 0.6) is 0 Å². The van der Waals surface area contributed by atoms with Gasteiger partial charge in [-0.1, -0.05) is 6.92 Å². The van der Waals surface area contributed by atoms with Crippen molar-refractivity contribution >= 4 is 5.91 Å². The molecule has 1 fully saturated rings. The molecule has 1 heterocycles. The maximum Gasteiger partial charge on any atom is 0.249 e. The zero-order chi connectivity index (χ0) is 5.98. The molecule has 0 aromatic rings. The Balaban J connectivity index is 2.42. The Labute approximate surface area is 48.0 Å². The molecule has 1 N–H and O–H groups in total. The van der Waals surface area contributed by atoms with Gasteiger partial charge in [-0.25, -0.2) is 5.48 Å². The second-order valence-electron chi connectivity index (χ2n) is 1.88. The first-order valence-electron chi connectivity index (χ1n) is 2.76. The van der Waals surface area contributed by atoms with Crippen LogP contribution in [0, 0.1) is 5.92 Å². The summed E-state index contributed by atoms with van der Waals surface area (Å²) in [6, 6.07) is 0. The number of amides is 1. The average molecular weight is 115 g/mol. The van der Waals surface area contributed by atoms with Gasteiger partial charge in [-0.15, -0.1) is 0 Å². The first-order valence-corrected chi connectivity index (χ1v) is 2.76. The van der Waals surface area contributed by atoms with Gasteiger partial charge in [-0.05, 0) is 6.42 Å². The lowest BCUT2D eigenvalue weighted by Gasteiger charge is -1.94. The van der Waals surface area contributed by atoms with Crippen LogP contribution < -0.4 is 5.48 Å². The lowest BCUT2D eigenvalue weighted by molar-refractivity contribution is -0.126. The van der Waals surface area contributed by atoms with Gasteiger partial charge in [-0.2, -0.15) is 0 Å². The molecule has 0 saturated carbocycles. The van der Waals surface area contributed by atoms with E-state index in [1.165, 1.54) is 0 Å². The molecule has 0 aromatic heterocycles. The van der Waals surface area contributed by atoms with Crippen LogP contribution in [0.1, 0.15) is 13.3 Å². The number of hydrogen-bond donors (Lipinski definition) is 1. The van der Waals surface area contributed by atoms with Crippen LogP contribution in [-0.4, -0.2) is 12.5 Å². The molecule has 0 aliphatic carbocycles. The minimum atomic E-state index is 0.0208. The van der Waals surface area contributed by atoms with Gasteiger partial charge in [0.05, 0.1) is 12.5 Å². The van der Waals surface area contributed by atoms with Crippen LogP contribution in [0.3, 0.4) is 0 Å². The SMILES string of the molecule is CCC1CONC1=O. The van der Waals surface area contributed by atoms with E-state index in [0.29, 0.717) is 6.61 Å². The van der Waals surface area contributed by atoms with Crippen LogP contribution in [0.4, 0.5) is 0 Å². The fourth-order valence-corrected chi connectivity index (χ4v) is 0.676. The molecule has 1 aliphatic heterocycles. The van der Waals surface area contributed by atoms with E-state index in [9.17, 15) is 4.79 Å². The summed E-state index contributed by atoms with van der Waals surface area (Å²) >= 11 is 0. The normalized spacial score (nSPS) is 28.1. The molecule has 0 spiro atoms. The van der Waals surface area contributed by atoms with Gasteiger partial charge in [0.15, 0.2) is 0 Å². The molecule has 1 aliphatic rings. The molecule has 46 valence electrons. The summed E-state index contributed by atoms with van der Waals surface area (Å²) < 4.78 is 0. The highest BCUT2D eigenvalue weighted by Gasteiger charge is 2.22. The van der Waals surface area contributed by atoms with Crippen molar-refractivity contribution in [2.45, 2.75) is 13.3 Å². The number of hydrogen-bond acceptors (Lipinski definition) is 2. The van der Waals surface area contributed by atoms with Crippen molar-refractivity contribution in [3.8, 4) is 0 Å². The predicted octanol–water partition coefficient (Wildman–Crippen LogP) is 0.0740. The maximum atomic E-state index is 10.6. The third-order valence-corrected chi connectivity index (χ3v) is 1.32. The average Bonchev–Trinajstić information content (AvgIpc) is 2.14. The summed E-state index contributed by atoms with van der Waals surface area (Å²) in [4.78, 5) is 15.2. The van der Waals surface area contributed by atoms with E-state index in [1.54, 1.807) is 0 Å². The summed E-state index contributed by atoms with van der Waals surface area (Å²) in [5.41, 5.74) is 2.28. The molecule has 3 heteroatoms. The molecular weight excluding hydrogens is 106 g/mol. The summed E-state index contributed by atoms with van der Waals surface area (Å²) in [6.07, 6.45) is 0.867. The number of rotatable bonds is 1. The van der Waals surface area contributed by atoms with E-state index < -0.39 is 0 Å². The third-order valence-electron chi connectivity index (χ3n) is 1.32. The highest BCUT2D eigenvalue weighted by molar-refractivity contribution is 5.78. The summed E-state index contributed by atoms with van der Waals surface area (Å²) in [5.74, 6) is 0.113. The summed E-state index contributed by atoms with van der Waals surface area (Å²) in [7, 11) is 0. The molecule has 1 saturated heterocycles. The zero-order valence-corrected chi connectivity index (χ0v) is 4.81. The molecule has 1 unspecified atom stereocenters. The number of nitrogens with one attached hydrogen (secondary N) is 1. The molecule has 1 atom stereocenters. The number of carbonyl (C=O) groups is 1. The fourth-order valence-electron chi connectivity index (χ4n) is 0.676. The topological polar surface area (TPSA) is 38.3 Å². The minimum Gasteiger partial charge on any atom is -0.273 e. The van der Waals surface area contributed by atoms with Gasteiger partial charge < -0.3 is 0 Å². The highest BCUT2D eigenvalue weighted by Crippen LogP contribution is 2.07. The van der Waals surface area contributed by atoms with Gasteiger partial charge in [0.1, 0.15) is 0 Å². The van der Waals surface area contributed by atoms with Crippen molar-refractivity contribution in [2.75, 3.05) is 6.61 Å². The van der Waals surface area contributed by atoms with Gasteiger partial charge in [0, 0.05) is 0 Å². The van der Waals surface area contributed by atoms with Crippen LogP contribution in [0.25, 0.3) is 0 Å². The molecule has 0 aromatic carbocycles. The van der Waals surface area contributed by atoms with Crippen LogP contribution >= 0.6 is 0 Å². The van der Waals surface area contributed by atoms with E-state index in [0.717, 1.165) is 6.42 Å². The molecule has 3 nitrogen and oxygen atoms in total. The maximum absolute atomic E-state index is 10.6. The Morgan fingerprint density at radius 2 is 2.75 bits per heavy atom. The molecule has 0 bridgehead atoms. The van der Waals surface area contributed by atoms with Crippen LogP contribution in [-0.2, 0) is 9.63 Å². The van der Waals surface area contributed by atoms with Crippen molar-refractivity contribution < 1.29 is 9.63 Å². The van der Waals surface area contributed by atoms with Crippen molar-refractivity contribution in [3.63, 3.8) is 0 Å². The van der Waals surface area contributed by atoms with E-state index >= 15 is 0 Å². The Morgan fingerprint density at radius 3 is 3.00 bits per heavy atom. The number of hydroxylamine groups is 1. The quantitative estimate of drug-likeness (QED) is 0.525. The second-order valence-corrected chi connectivity index (χ2v) is 1.88. The Bertz CT molecular complexity index is 103. The van der Waals surface area contributed by atoms with E-state index in [4.69, 9.17) is 0 Å². The standard InChI is InChI=1S/C5H9NO2/c1-2-4-3-8-6-5(4)7/h4H,2-3H2,1H3,(H,6,7). The van der Waals surface area contributed by atoms with Crippen molar-refractivity contribution in [1.29, 1.82) is 0 Å². The molecule has 0 radical (unpaired) electrons. The van der Waals surface area contributed by atoms with Gasteiger partial charge >= 0.3 is 0 Å². The first kappa shape index (κ1) is 5.56. The van der Waals surface area contributed by atoms with Crippen molar-refractivity contribution in [2.24, 2.45) is 5.92 Å². The molecule has 1 amide bonds. The van der Waals surface area contributed by atoms with E-state index in [-0.39, 0.29) is 11.8 Å². The first-order chi connectivity index (χ1) is 3.84. The second kappa shape index (κ2) is 2.13. The Morgan fingerprint density at radius 1 is 2.00 bits per heavy atom. The summed E-state index contributed by atoms with van der Waals surface area (Å²) in [5, 5.41) is 0. The largest absolute Gasteiger partial charge is 0.273 e. The van der Waals surface area contributed by atoms with E-state index in [2.05, 4.69) is 10.3 Å². The van der Waals surface area contributed by atoms with Gasteiger partial charge in [0.25, 0.3) is 0 Å². The molecule has 1 rings (SSSR count). The monoisotopic (exact) mass is 115 g/mol. The zero-order valence-electron chi connectivity index (χ0n) is 4.81. The fraction of sp³-hybridized carbons (Fsp3) is 0.800. The summed E-state index contributed by atoms with van der Waals surface area (Å²) in [6.45, 7) is 2.51. The van der Waals surface area contributed by atoms with Crippen molar-refractivity contribution in [3.05, 3.63) is 0 Å². The van der Waals surface area contributed by atoms with Gasteiger partial charge in [-0.3, -0.25) is 9.63 Å². The highest BCUT2D eigenvalue weighted by atomic mass is 16.7. The van der Waals surface area contributed by atoms with Crippen LogP contribution in [0.15, 0.2) is 0 Å². The predicted molar refractivity (Wildman–Crippen MR) is 27.9 cm³/mol. The smallest absolute Gasteiger partial charge is 0.249 e. The number of carbonyl (C=O) groups excluding carboxylic acids is 1.